The summed E-state index contributed by atoms with van der Waals surface area (Å²) in [5.74, 6) is 0. The van der Waals surface area contributed by atoms with Gasteiger partial charge < -0.3 is 5.32 Å². The Kier molecular flexibility index (Phi) is 10.0. The van der Waals surface area contributed by atoms with Crippen LogP contribution in [0, 0.1) is 0 Å². The van der Waals surface area contributed by atoms with Crippen LogP contribution in [0.25, 0.3) is 0 Å². The molecular weight excluding hydrogens is 196 g/mol. The highest BCUT2D eigenvalue weighted by molar-refractivity contribution is 4.70. The Hall–Kier alpha value is -0.0800. The van der Waals surface area contributed by atoms with Crippen LogP contribution in [-0.2, 0) is 0 Å². The quantitative estimate of drug-likeness (QED) is 0.577. The fourth-order valence-corrected chi connectivity index (χ4v) is 2.24. The van der Waals surface area contributed by atoms with Gasteiger partial charge in [-0.2, -0.15) is 0 Å². The third-order valence-electron chi connectivity index (χ3n) is 3.11. The van der Waals surface area contributed by atoms with Gasteiger partial charge in [-0.3, -0.25) is 4.90 Å². The maximum atomic E-state index is 3.47. The molecule has 98 valence electrons. The van der Waals surface area contributed by atoms with E-state index in [2.05, 4.69) is 44.8 Å². The summed E-state index contributed by atoms with van der Waals surface area (Å²) in [6.45, 7) is 15.1. The van der Waals surface area contributed by atoms with Crippen molar-refractivity contribution in [2.45, 2.75) is 72.4 Å². The molecule has 0 aliphatic carbocycles. The molecule has 0 saturated carbocycles. The Morgan fingerprint density at radius 1 is 1.00 bits per heavy atom. The van der Waals surface area contributed by atoms with Crippen LogP contribution < -0.4 is 5.32 Å². The Morgan fingerprint density at radius 3 is 2.19 bits per heavy atom. The lowest BCUT2D eigenvalue weighted by atomic mass is 10.1. The number of hydrogen-bond acceptors (Lipinski definition) is 2. The zero-order valence-electron chi connectivity index (χ0n) is 12.1. The van der Waals surface area contributed by atoms with Crippen molar-refractivity contribution in [3.8, 4) is 0 Å². The van der Waals surface area contributed by atoms with Gasteiger partial charge in [-0.15, -0.1) is 0 Å². The van der Waals surface area contributed by atoms with Crippen LogP contribution in [0.2, 0.25) is 0 Å². The predicted octanol–water partition coefficient (Wildman–Crippen LogP) is 3.28. The molecule has 0 aliphatic rings. The monoisotopic (exact) mass is 228 g/mol. The van der Waals surface area contributed by atoms with Gasteiger partial charge in [0.15, 0.2) is 0 Å². The van der Waals surface area contributed by atoms with Crippen LogP contribution in [0.1, 0.15) is 60.3 Å². The third-order valence-corrected chi connectivity index (χ3v) is 3.11. The summed E-state index contributed by atoms with van der Waals surface area (Å²) in [5, 5.41) is 3.47. The minimum Gasteiger partial charge on any atom is -0.317 e. The van der Waals surface area contributed by atoms with Gasteiger partial charge in [-0.05, 0) is 66.1 Å². The molecule has 0 bridgehead atoms. The van der Waals surface area contributed by atoms with Gasteiger partial charge in [0.2, 0.25) is 0 Å². The predicted molar refractivity (Wildman–Crippen MR) is 74.0 cm³/mol. The van der Waals surface area contributed by atoms with Gasteiger partial charge in [0.1, 0.15) is 0 Å². The summed E-state index contributed by atoms with van der Waals surface area (Å²) in [4.78, 5) is 2.62. The largest absolute Gasteiger partial charge is 0.317 e. The van der Waals surface area contributed by atoms with Gasteiger partial charge in [-0.25, -0.2) is 0 Å². The maximum Gasteiger partial charge on any atom is 0.00701 e. The highest BCUT2D eigenvalue weighted by atomic mass is 15.2. The van der Waals surface area contributed by atoms with Crippen molar-refractivity contribution in [2.75, 3.05) is 19.6 Å². The summed E-state index contributed by atoms with van der Waals surface area (Å²) in [6, 6.07) is 1.40. The highest BCUT2D eigenvalue weighted by Crippen LogP contribution is 2.11. The number of rotatable bonds is 10. The van der Waals surface area contributed by atoms with Gasteiger partial charge >= 0.3 is 0 Å². The molecule has 0 aromatic heterocycles. The first-order chi connectivity index (χ1) is 7.63. The van der Waals surface area contributed by atoms with Gasteiger partial charge in [0.25, 0.3) is 0 Å². The normalized spacial score (nSPS) is 13.7. The van der Waals surface area contributed by atoms with E-state index >= 15 is 0 Å². The molecule has 0 aromatic rings. The lowest BCUT2D eigenvalue weighted by Crippen LogP contribution is -2.39. The Morgan fingerprint density at radius 2 is 1.69 bits per heavy atom. The number of nitrogens with one attached hydrogen (secondary N) is 1. The third kappa shape index (κ3) is 7.24. The van der Waals surface area contributed by atoms with Crippen molar-refractivity contribution in [2.24, 2.45) is 0 Å². The van der Waals surface area contributed by atoms with Crippen molar-refractivity contribution >= 4 is 0 Å². The first kappa shape index (κ1) is 15.9. The topological polar surface area (TPSA) is 15.3 Å². The summed E-state index contributed by atoms with van der Waals surface area (Å²) in [6.07, 6.45) is 5.11. The van der Waals surface area contributed by atoms with Crippen LogP contribution in [-0.4, -0.2) is 36.6 Å². The molecule has 0 spiro atoms. The second-order valence-electron chi connectivity index (χ2n) is 5.07. The van der Waals surface area contributed by atoms with E-state index in [1.807, 2.05) is 0 Å². The molecule has 0 heterocycles. The fraction of sp³-hybridized carbons (Fsp3) is 1.00. The van der Waals surface area contributed by atoms with Crippen molar-refractivity contribution in [3.63, 3.8) is 0 Å². The molecule has 0 saturated heterocycles. The number of nitrogens with zero attached hydrogens (tertiary/aromatic N) is 1. The van der Waals surface area contributed by atoms with Crippen molar-refractivity contribution in [3.05, 3.63) is 0 Å². The van der Waals surface area contributed by atoms with E-state index in [0.29, 0.717) is 6.04 Å². The Labute approximate surface area is 103 Å². The average Bonchev–Trinajstić information content (AvgIpc) is 2.24. The summed E-state index contributed by atoms with van der Waals surface area (Å²) >= 11 is 0. The molecule has 0 aromatic carbocycles. The van der Waals surface area contributed by atoms with Gasteiger partial charge in [0, 0.05) is 12.1 Å². The summed E-state index contributed by atoms with van der Waals surface area (Å²) in [7, 11) is 0. The molecular formula is C14H32N2. The molecule has 16 heavy (non-hydrogen) atoms. The zero-order chi connectivity index (χ0) is 12.4. The van der Waals surface area contributed by atoms with E-state index in [-0.39, 0.29) is 0 Å². The molecule has 1 N–H and O–H groups in total. The van der Waals surface area contributed by atoms with Gasteiger partial charge in [0.05, 0.1) is 0 Å². The van der Waals surface area contributed by atoms with E-state index in [1.165, 1.54) is 38.8 Å². The molecule has 1 unspecified atom stereocenters. The van der Waals surface area contributed by atoms with Crippen LogP contribution in [0.15, 0.2) is 0 Å². The van der Waals surface area contributed by atoms with Crippen molar-refractivity contribution in [1.29, 1.82) is 0 Å². The zero-order valence-corrected chi connectivity index (χ0v) is 12.1. The molecule has 0 amide bonds. The van der Waals surface area contributed by atoms with Crippen LogP contribution in [0.5, 0.6) is 0 Å². The van der Waals surface area contributed by atoms with E-state index in [9.17, 15) is 0 Å². The molecule has 0 radical (unpaired) electrons. The standard InChI is InChI=1S/C14H32N2/c1-6-10-15-11-8-9-14(5)16(12-7-2)13(3)4/h13-15H,6-12H2,1-5H3. The van der Waals surface area contributed by atoms with E-state index < -0.39 is 0 Å². The minimum atomic E-state index is 0.679. The molecule has 0 rings (SSSR count). The van der Waals surface area contributed by atoms with Crippen LogP contribution in [0.4, 0.5) is 0 Å². The minimum absolute atomic E-state index is 0.679. The van der Waals surface area contributed by atoms with E-state index in [4.69, 9.17) is 0 Å². The summed E-state index contributed by atoms with van der Waals surface area (Å²) in [5.41, 5.74) is 0. The van der Waals surface area contributed by atoms with E-state index in [1.54, 1.807) is 0 Å². The SMILES string of the molecule is CCCNCCCC(C)N(CCC)C(C)C. The second kappa shape index (κ2) is 10.1. The lowest BCUT2D eigenvalue weighted by Gasteiger charge is -2.32. The summed E-state index contributed by atoms with van der Waals surface area (Å²) < 4.78 is 0. The fourth-order valence-electron chi connectivity index (χ4n) is 2.24. The molecule has 2 nitrogen and oxygen atoms in total. The molecule has 0 aliphatic heterocycles. The van der Waals surface area contributed by atoms with Crippen LogP contribution in [0.3, 0.4) is 0 Å². The van der Waals surface area contributed by atoms with Crippen molar-refractivity contribution in [1.82, 2.24) is 10.2 Å². The second-order valence-corrected chi connectivity index (χ2v) is 5.07. The molecule has 2 heteroatoms. The average molecular weight is 228 g/mol. The highest BCUT2D eigenvalue weighted by Gasteiger charge is 2.15. The maximum absolute atomic E-state index is 3.47. The Bertz CT molecular complexity index is 146. The smallest absolute Gasteiger partial charge is 0.00701 e. The Balaban J connectivity index is 3.69. The number of hydrogen-bond donors (Lipinski definition) is 1. The first-order valence-electron chi connectivity index (χ1n) is 7.09. The molecule has 0 fully saturated rings. The lowest BCUT2D eigenvalue weighted by molar-refractivity contribution is 0.155. The van der Waals surface area contributed by atoms with Crippen molar-refractivity contribution < 1.29 is 0 Å². The van der Waals surface area contributed by atoms with E-state index in [0.717, 1.165) is 12.6 Å². The first-order valence-corrected chi connectivity index (χ1v) is 7.09. The van der Waals surface area contributed by atoms with Crippen LogP contribution >= 0.6 is 0 Å². The molecule has 1 atom stereocenters. The van der Waals surface area contributed by atoms with Gasteiger partial charge in [-0.1, -0.05) is 13.8 Å².